The Balaban J connectivity index is 2.04. The fourth-order valence-corrected chi connectivity index (χ4v) is 2.58. The molecular weight excluding hydrogens is 270 g/mol. The molecule has 7 heteroatoms. The number of nitrogen functional groups attached to an aromatic ring is 1. The highest BCUT2D eigenvalue weighted by atomic mass is 16.6. The van der Waals surface area contributed by atoms with E-state index in [0.29, 0.717) is 25.3 Å². The molecule has 1 aromatic heterocycles. The summed E-state index contributed by atoms with van der Waals surface area (Å²) < 4.78 is 7.22. The fraction of sp³-hybridized carbons (Fsp3) is 0.714. The molecule has 0 aromatic carbocycles. The number of hydrogen-bond acceptors (Lipinski definition) is 5. The van der Waals surface area contributed by atoms with Gasteiger partial charge in [-0.25, -0.2) is 4.79 Å². The van der Waals surface area contributed by atoms with Crippen LogP contribution in [0.1, 0.15) is 27.7 Å². The Bertz CT molecular complexity index is 500. The molecule has 0 radical (unpaired) electrons. The average Bonchev–Trinajstić information content (AvgIpc) is 2.66. The van der Waals surface area contributed by atoms with Gasteiger partial charge in [0, 0.05) is 32.7 Å². The fourth-order valence-electron chi connectivity index (χ4n) is 2.58. The molecule has 118 valence electrons. The number of hydrogen-bond donors (Lipinski definition) is 1. The third kappa shape index (κ3) is 3.40. The summed E-state index contributed by atoms with van der Waals surface area (Å²) in [6.07, 6.45) is 1.40. The smallest absolute Gasteiger partial charge is 0.410 e. The van der Waals surface area contributed by atoms with E-state index in [1.807, 2.05) is 34.7 Å². The molecule has 0 unspecified atom stereocenters. The van der Waals surface area contributed by atoms with Crippen LogP contribution < -0.4 is 10.6 Å². The lowest BCUT2D eigenvalue weighted by atomic mass is 10.2. The largest absolute Gasteiger partial charge is 0.444 e. The van der Waals surface area contributed by atoms with Crippen molar-refractivity contribution in [2.75, 3.05) is 30.3 Å². The molecular formula is C14H25N5O2. The zero-order valence-corrected chi connectivity index (χ0v) is 13.5. The number of nitrogens with zero attached hydrogens (tertiary/aromatic N) is 4. The van der Waals surface area contributed by atoms with E-state index in [9.17, 15) is 4.79 Å². The molecule has 0 aliphatic carbocycles. The van der Waals surface area contributed by atoms with E-state index in [-0.39, 0.29) is 12.1 Å². The molecule has 0 bridgehead atoms. The number of amides is 1. The summed E-state index contributed by atoms with van der Waals surface area (Å²) in [4.78, 5) is 16.1. The lowest BCUT2D eigenvalue weighted by Crippen LogP contribution is -2.55. The number of carbonyl (C=O) groups excluding carboxylic acids is 1. The van der Waals surface area contributed by atoms with Crippen molar-refractivity contribution in [3.63, 3.8) is 0 Å². The first kappa shape index (κ1) is 15.5. The standard InChI is InChI=1S/C14H25N5O2/c1-10-9-18(12-11(15)8-16-17(12)5)6-7-19(10)13(20)21-14(2,3)4/h8,10H,6-7,9,15H2,1-5H3/t10-/m0/s1. The van der Waals surface area contributed by atoms with E-state index >= 15 is 0 Å². The van der Waals surface area contributed by atoms with Gasteiger partial charge in [0.2, 0.25) is 0 Å². The highest BCUT2D eigenvalue weighted by Gasteiger charge is 2.32. The number of aromatic nitrogens is 2. The van der Waals surface area contributed by atoms with Gasteiger partial charge in [-0.2, -0.15) is 5.10 Å². The summed E-state index contributed by atoms with van der Waals surface area (Å²) in [5, 5.41) is 4.16. The number of ether oxygens (including phenoxy) is 1. The molecule has 1 saturated heterocycles. The monoisotopic (exact) mass is 295 g/mol. The van der Waals surface area contributed by atoms with Crippen molar-refractivity contribution in [3.8, 4) is 0 Å². The van der Waals surface area contributed by atoms with Gasteiger partial charge in [0.15, 0.2) is 0 Å². The van der Waals surface area contributed by atoms with E-state index in [0.717, 1.165) is 5.82 Å². The average molecular weight is 295 g/mol. The Kier molecular flexibility index (Phi) is 4.02. The lowest BCUT2D eigenvalue weighted by Gasteiger charge is -2.41. The summed E-state index contributed by atoms with van der Waals surface area (Å²) >= 11 is 0. The van der Waals surface area contributed by atoms with Crippen LogP contribution in [0.25, 0.3) is 0 Å². The second kappa shape index (κ2) is 5.46. The Morgan fingerprint density at radius 3 is 2.57 bits per heavy atom. The van der Waals surface area contributed by atoms with Gasteiger partial charge in [-0.05, 0) is 27.7 Å². The van der Waals surface area contributed by atoms with Gasteiger partial charge < -0.3 is 20.3 Å². The minimum Gasteiger partial charge on any atom is -0.444 e. The van der Waals surface area contributed by atoms with Crippen LogP contribution in [-0.4, -0.2) is 52.1 Å². The number of carbonyl (C=O) groups is 1. The molecule has 1 amide bonds. The first-order valence-electron chi connectivity index (χ1n) is 7.21. The highest BCUT2D eigenvalue weighted by molar-refractivity contribution is 5.70. The van der Waals surface area contributed by atoms with Crippen molar-refractivity contribution in [1.82, 2.24) is 14.7 Å². The Morgan fingerprint density at radius 2 is 2.10 bits per heavy atom. The lowest BCUT2D eigenvalue weighted by molar-refractivity contribution is 0.0158. The Morgan fingerprint density at radius 1 is 1.43 bits per heavy atom. The predicted molar refractivity (Wildman–Crippen MR) is 82.2 cm³/mol. The van der Waals surface area contributed by atoms with Crippen LogP contribution in [0.4, 0.5) is 16.3 Å². The maximum Gasteiger partial charge on any atom is 0.410 e. The number of aryl methyl sites for hydroxylation is 1. The van der Waals surface area contributed by atoms with Gasteiger partial charge in [-0.1, -0.05) is 0 Å². The van der Waals surface area contributed by atoms with Gasteiger partial charge >= 0.3 is 6.09 Å². The van der Waals surface area contributed by atoms with Gasteiger partial charge in [0.05, 0.1) is 11.9 Å². The molecule has 0 spiro atoms. The molecule has 7 nitrogen and oxygen atoms in total. The summed E-state index contributed by atoms with van der Waals surface area (Å²) in [7, 11) is 1.87. The van der Waals surface area contributed by atoms with E-state index < -0.39 is 5.60 Å². The van der Waals surface area contributed by atoms with Crippen molar-refractivity contribution in [2.24, 2.45) is 7.05 Å². The minimum atomic E-state index is -0.472. The van der Waals surface area contributed by atoms with Gasteiger partial charge in [0.1, 0.15) is 11.4 Å². The third-order valence-electron chi connectivity index (χ3n) is 3.49. The zero-order chi connectivity index (χ0) is 15.8. The van der Waals surface area contributed by atoms with Crippen LogP contribution in [0.5, 0.6) is 0 Å². The van der Waals surface area contributed by atoms with Crippen molar-refractivity contribution >= 4 is 17.6 Å². The minimum absolute atomic E-state index is 0.0582. The predicted octanol–water partition coefficient (Wildman–Crippen LogP) is 1.45. The first-order valence-corrected chi connectivity index (χ1v) is 7.21. The number of anilines is 2. The molecule has 1 aliphatic heterocycles. The first-order chi connectivity index (χ1) is 9.69. The summed E-state index contributed by atoms with van der Waals surface area (Å²) in [5.74, 6) is 0.908. The molecule has 21 heavy (non-hydrogen) atoms. The zero-order valence-electron chi connectivity index (χ0n) is 13.5. The Hall–Kier alpha value is -1.92. The molecule has 2 rings (SSSR count). The van der Waals surface area contributed by atoms with Crippen LogP contribution in [-0.2, 0) is 11.8 Å². The van der Waals surface area contributed by atoms with E-state index in [1.165, 1.54) is 0 Å². The van der Waals surface area contributed by atoms with Gasteiger partial charge in [-0.15, -0.1) is 0 Å². The van der Waals surface area contributed by atoms with E-state index in [4.69, 9.17) is 10.5 Å². The van der Waals surface area contributed by atoms with Gasteiger partial charge in [0.25, 0.3) is 0 Å². The maximum atomic E-state index is 12.2. The second-order valence-electron chi connectivity index (χ2n) is 6.52. The second-order valence-corrected chi connectivity index (χ2v) is 6.52. The number of piperazine rings is 1. The van der Waals surface area contributed by atoms with Crippen molar-refractivity contribution in [3.05, 3.63) is 6.20 Å². The third-order valence-corrected chi connectivity index (χ3v) is 3.49. The molecule has 1 aromatic rings. The molecule has 1 aliphatic rings. The summed E-state index contributed by atoms with van der Waals surface area (Å²) in [6.45, 7) is 9.69. The summed E-state index contributed by atoms with van der Waals surface area (Å²) in [5.41, 5.74) is 6.16. The number of nitrogens with two attached hydrogens (primary N) is 1. The molecule has 2 heterocycles. The van der Waals surface area contributed by atoms with Crippen LogP contribution in [0, 0.1) is 0 Å². The van der Waals surface area contributed by atoms with Crippen LogP contribution in [0.2, 0.25) is 0 Å². The molecule has 0 saturated carbocycles. The quantitative estimate of drug-likeness (QED) is 0.848. The van der Waals surface area contributed by atoms with Crippen molar-refractivity contribution in [2.45, 2.75) is 39.3 Å². The normalized spacial score (nSPS) is 19.8. The van der Waals surface area contributed by atoms with Gasteiger partial charge in [-0.3, -0.25) is 4.68 Å². The number of rotatable bonds is 1. The maximum absolute atomic E-state index is 12.2. The molecule has 1 fully saturated rings. The Labute approximate surface area is 125 Å². The highest BCUT2D eigenvalue weighted by Crippen LogP contribution is 2.25. The molecule has 1 atom stereocenters. The van der Waals surface area contributed by atoms with Crippen LogP contribution >= 0.6 is 0 Å². The van der Waals surface area contributed by atoms with Crippen LogP contribution in [0.15, 0.2) is 6.20 Å². The topological polar surface area (TPSA) is 76.6 Å². The molecule has 2 N–H and O–H groups in total. The summed E-state index contributed by atoms with van der Waals surface area (Å²) in [6, 6.07) is 0.0582. The van der Waals surface area contributed by atoms with E-state index in [2.05, 4.69) is 10.00 Å². The van der Waals surface area contributed by atoms with Crippen LogP contribution in [0.3, 0.4) is 0 Å². The van der Waals surface area contributed by atoms with Crippen molar-refractivity contribution in [1.29, 1.82) is 0 Å². The SMILES string of the molecule is C[C@H]1CN(c2c(N)cnn2C)CCN1C(=O)OC(C)(C)C. The van der Waals surface area contributed by atoms with Crippen molar-refractivity contribution < 1.29 is 9.53 Å². The van der Waals surface area contributed by atoms with E-state index in [1.54, 1.807) is 15.8 Å².